The summed E-state index contributed by atoms with van der Waals surface area (Å²) < 4.78 is 61.7. The molecule has 3 nitrogen and oxygen atoms in total. The Hall–Kier alpha value is -2.57. The van der Waals surface area contributed by atoms with Gasteiger partial charge in [-0.2, -0.15) is 13.2 Å². The summed E-state index contributed by atoms with van der Waals surface area (Å²) in [6.07, 6.45) is -4.27. The molecular formula is C15H10F4O3. The average molecular weight is 314 g/mol. The van der Waals surface area contributed by atoms with Gasteiger partial charge in [-0.05, 0) is 30.3 Å². The maximum absolute atomic E-state index is 13.8. The predicted molar refractivity (Wildman–Crippen MR) is 69.9 cm³/mol. The Balaban J connectivity index is 2.41. The molecule has 2 aromatic rings. The predicted octanol–water partition coefficient (Wildman–Crippen LogP) is 4.46. The molecule has 0 saturated heterocycles. The number of hydrogen-bond acceptors (Lipinski definition) is 3. The lowest BCUT2D eigenvalue weighted by molar-refractivity contribution is -0.137. The first-order valence-corrected chi connectivity index (χ1v) is 6.03. The van der Waals surface area contributed by atoms with Gasteiger partial charge in [-0.3, -0.25) is 4.79 Å². The normalized spacial score (nSPS) is 11.1. The van der Waals surface area contributed by atoms with Gasteiger partial charge in [0.1, 0.15) is 11.5 Å². The van der Waals surface area contributed by atoms with Crippen LogP contribution in [-0.4, -0.2) is 13.4 Å². The number of benzene rings is 2. The Kier molecular flexibility index (Phi) is 4.35. The van der Waals surface area contributed by atoms with E-state index in [2.05, 4.69) is 0 Å². The van der Waals surface area contributed by atoms with Crippen LogP contribution in [0, 0.1) is 5.82 Å². The van der Waals surface area contributed by atoms with Crippen molar-refractivity contribution in [3.8, 4) is 17.2 Å². The molecule has 0 heterocycles. The SMILES string of the molecule is COc1ccc(Oc2cc(C(F)(F)F)ccc2C=O)c(F)c1. The highest BCUT2D eigenvalue weighted by Crippen LogP contribution is 2.35. The van der Waals surface area contributed by atoms with Gasteiger partial charge in [0.25, 0.3) is 0 Å². The zero-order chi connectivity index (χ0) is 16.3. The van der Waals surface area contributed by atoms with Crippen LogP contribution in [0.5, 0.6) is 17.2 Å². The quantitative estimate of drug-likeness (QED) is 0.617. The number of methoxy groups -OCH3 is 1. The molecule has 0 radical (unpaired) electrons. The van der Waals surface area contributed by atoms with Gasteiger partial charge in [-0.1, -0.05) is 0 Å². The molecule has 0 bridgehead atoms. The van der Waals surface area contributed by atoms with Crippen LogP contribution in [0.15, 0.2) is 36.4 Å². The highest BCUT2D eigenvalue weighted by molar-refractivity contribution is 5.79. The van der Waals surface area contributed by atoms with Crippen LogP contribution in [0.25, 0.3) is 0 Å². The molecule has 2 rings (SSSR count). The molecule has 0 atom stereocenters. The minimum atomic E-state index is -4.60. The smallest absolute Gasteiger partial charge is 0.416 e. The van der Waals surface area contributed by atoms with Gasteiger partial charge >= 0.3 is 6.18 Å². The van der Waals surface area contributed by atoms with Crippen molar-refractivity contribution in [3.05, 3.63) is 53.3 Å². The summed E-state index contributed by atoms with van der Waals surface area (Å²) >= 11 is 0. The van der Waals surface area contributed by atoms with Crippen LogP contribution in [0.3, 0.4) is 0 Å². The van der Waals surface area contributed by atoms with E-state index in [1.165, 1.54) is 19.2 Å². The van der Waals surface area contributed by atoms with Crippen molar-refractivity contribution in [1.29, 1.82) is 0 Å². The Morgan fingerprint density at radius 2 is 1.77 bits per heavy atom. The molecule has 116 valence electrons. The Morgan fingerprint density at radius 3 is 2.32 bits per heavy atom. The molecule has 0 aromatic heterocycles. The minimum absolute atomic E-state index is 0.122. The number of alkyl halides is 3. The molecule has 0 amide bonds. The standard InChI is InChI=1S/C15H10F4O3/c1-21-11-4-5-13(12(16)7-11)22-14-6-10(15(17,18)19)3-2-9(14)8-20/h2-8H,1H3. The summed E-state index contributed by atoms with van der Waals surface area (Å²) in [6.45, 7) is 0. The van der Waals surface area contributed by atoms with E-state index in [4.69, 9.17) is 9.47 Å². The van der Waals surface area contributed by atoms with E-state index in [1.807, 2.05) is 0 Å². The highest BCUT2D eigenvalue weighted by atomic mass is 19.4. The second-order valence-corrected chi connectivity index (χ2v) is 4.27. The zero-order valence-electron chi connectivity index (χ0n) is 11.3. The molecule has 0 unspecified atom stereocenters. The van der Waals surface area contributed by atoms with E-state index in [9.17, 15) is 22.4 Å². The summed E-state index contributed by atoms with van der Waals surface area (Å²) in [5.74, 6) is -1.30. The van der Waals surface area contributed by atoms with Crippen LogP contribution in [-0.2, 0) is 6.18 Å². The fourth-order valence-electron chi connectivity index (χ4n) is 1.71. The van der Waals surface area contributed by atoms with Gasteiger partial charge in [0, 0.05) is 6.07 Å². The third kappa shape index (κ3) is 3.36. The lowest BCUT2D eigenvalue weighted by Crippen LogP contribution is -2.06. The number of carbonyl (C=O) groups is 1. The maximum atomic E-state index is 13.8. The molecule has 22 heavy (non-hydrogen) atoms. The average Bonchev–Trinajstić information content (AvgIpc) is 2.48. The van der Waals surface area contributed by atoms with Crippen molar-refractivity contribution >= 4 is 6.29 Å². The summed E-state index contributed by atoms with van der Waals surface area (Å²) in [5, 5.41) is 0. The molecule has 0 spiro atoms. The largest absolute Gasteiger partial charge is 0.497 e. The topological polar surface area (TPSA) is 35.5 Å². The van der Waals surface area contributed by atoms with Gasteiger partial charge in [0.15, 0.2) is 17.9 Å². The fourth-order valence-corrected chi connectivity index (χ4v) is 1.71. The van der Waals surface area contributed by atoms with E-state index < -0.39 is 17.6 Å². The van der Waals surface area contributed by atoms with Crippen LogP contribution in [0.4, 0.5) is 17.6 Å². The Bertz CT molecular complexity index is 696. The van der Waals surface area contributed by atoms with Crippen LogP contribution < -0.4 is 9.47 Å². The Labute approximate surface area is 123 Å². The number of halogens is 4. The molecule has 0 N–H and O–H groups in total. The number of rotatable bonds is 4. The van der Waals surface area contributed by atoms with Gasteiger partial charge < -0.3 is 9.47 Å². The number of aldehydes is 1. The molecule has 0 aliphatic heterocycles. The number of hydrogen-bond donors (Lipinski definition) is 0. The summed E-state index contributed by atoms with van der Waals surface area (Å²) in [5.41, 5.74) is -1.12. The second kappa shape index (κ2) is 6.05. The number of ether oxygens (including phenoxy) is 2. The van der Waals surface area contributed by atoms with Crippen LogP contribution in [0.1, 0.15) is 15.9 Å². The van der Waals surface area contributed by atoms with E-state index in [0.29, 0.717) is 12.4 Å². The summed E-state index contributed by atoms with van der Waals surface area (Å²) in [4.78, 5) is 10.9. The third-order valence-corrected chi connectivity index (χ3v) is 2.83. The van der Waals surface area contributed by atoms with Gasteiger partial charge in [0.05, 0.1) is 18.2 Å². The summed E-state index contributed by atoms with van der Waals surface area (Å²) in [6, 6.07) is 5.96. The highest BCUT2D eigenvalue weighted by Gasteiger charge is 2.31. The molecule has 0 fully saturated rings. The van der Waals surface area contributed by atoms with Crippen molar-refractivity contribution in [2.24, 2.45) is 0 Å². The van der Waals surface area contributed by atoms with E-state index in [0.717, 1.165) is 18.2 Å². The van der Waals surface area contributed by atoms with Gasteiger partial charge in [0.2, 0.25) is 0 Å². The van der Waals surface area contributed by atoms with Crippen molar-refractivity contribution in [2.75, 3.05) is 7.11 Å². The van der Waals surface area contributed by atoms with Crippen molar-refractivity contribution in [1.82, 2.24) is 0 Å². The van der Waals surface area contributed by atoms with Crippen molar-refractivity contribution < 1.29 is 31.8 Å². The molecule has 2 aromatic carbocycles. The maximum Gasteiger partial charge on any atom is 0.416 e. The molecule has 0 aliphatic carbocycles. The third-order valence-electron chi connectivity index (χ3n) is 2.83. The van der Waals surface area contributed by atoms with Gasteiger partial charge in [-0.15, -0.1) is 0 Å². The van der Waals surface area contributed by atoms with E-state index in [1.54, 1.807) is 0 Å². The lowest BCUT2D eigenvalue weighted by Gasteiger charge is -2.13. The molecule has 0 aliphatic rings. The van der Waals surface area contributed by atoms with Crippen molar-refractivity contribution in [2.45, 2.75) is 6.18 Å². The van der Waals surface area contributed by atoms with E-state index >= 15 is 0 Å². The van der Waals surface area contributed by atoms with Crippen molar-refractivity contribution in [3.63, 3.8) is 0 Å². The molecule has 0 saturated carbocycles. The van der Waals surface area contributed by atoms with Gasteiger partial charge in [-0.25, -0.2) is 4.39 Å². The fraction of sp³-hybridized carbons (Fsp3) is 0.133. The van der Waals surface area contributed by atoms with Crippen LogP contribution in [0.2, 0.25) is 0 Å². The van der Waals surface area contributed by atoms with Crippen LogP contribution >= 0.6 is 0 Å². The number of carbonyl (C=O) groups excluding carboxylic acids is 1. The summed E-state index contributed by atoms with van der Waals surface area (Å²) in [7, 11) is 1.34. The first-order chi connectivity index (χ1) is 10.3. The second-order valence-electron chi connectivity index (χ2n) is 4.27. The monoisotopic (exact) mass is 314 g/mol. The zero-order valence-corrected chi connectivity index (χ0v) is 11.3. The van der Waals surface area contributed by atoms with E-state index in [-0.39, 0.29) is 22.8 Å². The molecular weight excluding hydrogens is 304 g/mol. The Morgan fingerprint density at radius 1 is 1.05 bits per heavy atom. The minimum Gasteiger partial charge on any atom is -0.497 e. The first kappa shape index (κ1) is 15.8. The first-order valence-electron chi connectivity index (χ1n) is 6.03. The molecule has 7 heteroatoms. The lowest BCUT2D eigenvalue weighted by atomic mass is 10.1.